The fourth-order valence-electron chi connectivity index (χ4n) is 3.28. The van der Waals surface area contributed by atoms with Gasteiger partial charge in [0.2, 0.25) is 0 Å². The van der Waals surface area contributed by atoms with Gasteiger partial charge in [-0.25, -0.2) is 4.79 Å². The second kappa shape index (κ2) is 8.88. The Bertz CT molecular complexity index is 1040. The van der Waals surface area contributed by atoms with Crippen LogP contribution in [0.5, 0.6) is 5.75 Å². The number of hydrogen-bond donors (Lipinski definition) is 0. The van der Waals surface area contributed by atoms with E-state index in [4.69, 9.17) is 21.1 Å². The number of fused-ring (bicyclic) bond motifs is 1. The molecule has 0 spiro atoms. The van der Waals surface area contributed by atoms with Crippen LogP contribution in [-0.4, -0.2) is 35.1 Å². The largest absolute Gasteiger partial charge is 0.484 e. The number of nitro benzene ring substituents is 1. The van der Waals surface area contributed by atoms with E-state index in [1.165, 1.54) is 23.9 Å². The standard InChI is InChI=1S/C22H22ClNO6S/c1-21(2,3)30-20(26)15-4-7-19(18(11-15)24(27)28)29-13-22(12-25)17-6-5-16(23)10-14(17)8-9-31-22/h4-7,10-12H,8-9,13H2,1-3H3. The summed E-state index contributed by atoms with van der Waals surface area (Å²) >= 11 is 7.51. The average Bonchev–Trinajstić information content (AvgIpc) is 2.70. The second-order valence-corrected chi connectivity index (χ2v) is 10.00. The van der Waals surface area contributed by atoms with E-state index in [-0.39, 0.29) is 23.6 Å². The molecule has 31 heavy (non-hydrogen) atoms. The first-order chi connectivity index (χ1) is 14.5. The maximum absolute atomic E-state index is 12.3. The molecule has 7 nitrogen and oxygen atoms in total. The highest BCUT2D eigenvalue weighted by atomic mass is 35.5. The Kier molecular flexibility index (Phi) is 6.62. The Labute approximate surface area is 189 Å². The van der Waals surface area contributed by atoms with Crippen LogP contribution in [0.15, 0.2) is 36.4 Å². The third kappa shape index (κ3) is 5.19. The van der Waals surface area contributed by atoms with Crippen LogP contribution < -0.4 is 4.74 Å². The van der Waals surface area contributed by atoms with Crippen molar-refractivity contribution in [3.63, 3.8) is 0 Å². The maximum Gasteiger partial charge on any atom is 0.338 e. The lowest BCUT2D eigenvalue weighted by Gasteiger charge is -2.33. The molecular formula is C22H22ClNO6S. The van der Waals surface area contributed by atoms with Crippen molar-refractivity contribution in [3.8, 4) is 5.75 Å². The van der Waals surface area contributed by atoms with Gasteiger partial charge in [0.15, 0.2) is 5.75 Å². The molecule has 1 aliphatic rings. The topological polar surface area (TPSA) is 95.7 Å². The highest BCUT2D eigenvalue weighted by Crippen LogP contribution is 2.43. The highest BCUT2D eigenvalue weighted by molar-refractivity contribution is 8.00. The predicted octanol–water partition coefficient (Wildman–Crippen LogP) is 4.97. The minimum atomic E-state index is -1.00. The molecule has 3 rings (SSSR count). The van der Waals surface area contributed by atoms with E-state index >= 15 is 0 Å². The van der Waals surface area contributed by atoms with Gasteiger partial charge in [0.05, 0.1) is 10.5 Å². The van der Waals surface area contributed by atoms with Crippen LogP contribution in [-0.2, 0) is 20.7 Å². The number of aryl methyl sites for hydroxylation is 1. The lowest BCUT2D eigenvalue weighted by molar-refractivity contribution is -0.385. The molecule has 0 aromatic heterocycles. The van der Waals surface area contributed by atoms with Crippen molar-refractivity contribution < 1.29 is 24.0 Å². The third-order valence-corrected chi connectivity index (χ3v) is 6.27. The molecule has 0 saturated heterocycles. The number of aldehydes is 1. The summed E-state index contributed by atoms with van der Waals surface area (Å²) in [5.41, 5.74) is 0.687. The van der Waals surface area contributed by atoms with Gasteiger partial charge in [0.1, 0.15) is 23.2 Å². The zero-order valence-corrected chi connectivity index (χ0v) is 18.9. The number of esters is 1. The summed E-state index contributed by atoms with van der Waals surface area (Å²) in [6, 6.07) is 9.22. The van der Waals surface area contributed by atoms with Crippen LogP contribution in [0.2, 0.25) is 5.02 Å². The predicted molar refractivity (Wildman–Crippen MR) is 119 cm³/mol. The van der Waals surface area contributed by atoms with Gasteiger partial charge in [0.25, 0.3) is 0 Å². The van der Waals surface area contributed by atoms with E-state index in [0.29, 0.717) is 10.8 Å². The van der Waals surface area contributed by atoms with E-state index < -0.39 is 21.2 Å². The van der Waals surface area contributed by atoms with E-state index in [9.17, 15) is 19.7 Å². The summed E-state index contributed by atoms with van der Waals surface area (Å²) in [7, 11) is 0. The van der Waals surface area contributed by atoms with Crippen molar-refractivity contribution in [3.05, 3.63) is 68.2 Å². The molecule has 0 N–H and O–H groups in total. The number of nitrogens with zero attached hydrogens (tertiary/aromatic N) is 1. The number of carbonyl (C=O) groups excluding carboxylic acids is 2. The molecule has 1 aliphatic heterocycles. The monoisotopic (exact) mass is 463 g/mol. The van der Waals surface area contributed by atoms with Gasteiger partial charge in [-0.1, -0.05) is 17.7 Å². The summed E-state index contributed by atoms with van der Waals surface area (Å²) < 4.78 is 10.0. The molecular weight excluding hydrogens is 442 g/mol. The van der Waals surface area contributed by atoms with Gasteiger partial charge in [-0.05, 0) is 68.3 Å². The number of rotatable bonds is 6. The van der Waals surface area contributed by atoms with Gasteiger partial charge >= 0.3 is 11.7 Å². The maximum atomic E-state index is 12.3. The van der Waals surface area contributed by atoms with E-state index in [0.717, 1.165) is 29.9 Å². The molecule has 2 aromatic carbocycles. The van der Waals surface area contributed by atoms with Crippen LogP contribution in [0.1, 0.15) is 42.3 Å². The zero-order chi connectivity index (χ0) is 22.8. The van der Waals surface area contributed by atoms with Crippen LogP contribution >= 0.6 is 23.4 Å². The van der Waals surface area contributed by atoms with E-state index in [2.05, 4.69) is 0 Å². The summed E-state index contributed by atoms with van der Waals surface area (Å²) in [5, 5.41) is 12.2. The lowest BCUT2D eigenvalue weighted by Crippen LogP contribution is -2.36. The van der Waals surface area contributed by atoms with Crippen molar-refractivity contribution >= 4 is 41.3 Å². The summed E-state index contributed by atoms with van der Waals surface area (Å²) in [5.74, 6) is -0.00450. The lowest BCUT2D eigenvalue weighted by atomic mass is 9.93. The number of ether oxygens (including phenoxy) is 2. The van der Waals surface area contributed by atoms with Crippen LogP contribution in [0, 0.1) is 10.1 Å². The Morgan fingerprint density at radius 3 is 2.68 bits per heavy atom. The first-order valence-corrected chi connectivity index (χ1v) is 10.9. The van der Waals surface area contributed by atoms with Gasteiger partial charge in [-0.2, -0.15) is 0 Å². The number of carbonyl (C=O) groups is 2. The van der Waals surface area contributed by atoms with Crippen LogP contribution in [0.25, 0.3) is 0 Å². The molecule has 164 valence electrons. The Morgan fingerprint density at radius 1 is 1.29 bits per heavy atom. The minimum absolute atomic E-state index is 0.0276. The molecule has 1 unspecified atom stereocenters. The Morgan fingerprint density at radius 2 is 2.03 bits per heavy atom. The highest BCUT2D eigenvalue weighted by Gasteiger charge is 2.39. The van der Waals surface area contributed by atoms with Crippen molar-refractivity contribution in [2.24, 2.45) is 0 Å². The molecule has 0 bridgehead atoms. The quantitative estimate of drug-likeness (QED) is 0.258. The van der Waals surface area contributed by atoms with Crippen molar-refractivity contribution in [2.45, 2.75) is 37.5 Å². The molecule has 0 amide bonds. The van der Waals surface area contributed by atoms with Crippen LogP contribution in [0.4, 0.5) is 5.69 Å². The first-order valence-electron chi connectivity index (χ1n) is 9.58. The Hall–Kier alpha value is -2.58. The molecule has 0 radical (unpaired) electrons. The van der Waals surface area contributed by atoms with E-state index in [1.54, 1.807) is 32.9 Å². The molecule has 0 aliphatic carbocycles. The molecule has 9 heteroatoms. The number of thioether (sulfide) groups is 1. The number of halogens is 1. The average molecular weight is 464 g/mol. The van der Waals surface area contributed by atoms with Crippen molar-refractivity contribution in [2.75, 3.05) is 12.4 Å². The van der Waals surface area contributed by atoms with Gasteiger partial charge in [0, 0.05) is 11.1 Å². The van der Waals surface area contributed by atoms with Crippen molar-refractivity contribution in [1.82, 2.24) is 0 Å². The summed E-state index contributed by atoms with van der Waals surface area (Å²) in [4.78, 5) is 35.4. The van der Waals surface area contributed by atoms with Gasteiger partial charge in [-0.3, -0.25) is 10.1 Å². The number of nitro groups is 1. The normalized spacial score (nSPS) is 18.1. The molecule has 1 heterocycles. The smallest absolute Gasteiger partial charge is 0.338 e. The molecule has 0 saturated carbocycles. The zero-order valence-electron chi connectivity index (χ0n) is 17.3. The Balaban J connectivity index is 1.88. The second-order valence-electron chi connectivity index (χ2n) is 8.14. The van der Waals surface area contributed by atoms with Gasteiger partial charge in [-0.15, -0.1) is 11.8 Å². The first kappa shape index (κ1) is 23.1. The van der Waals surface area contributed by atoms with E-state index in [1.807, 2.05) is 6.07 Å². The summed E-state index contributed by atoms with van der Waals surface area (Å²) in [6.07, 6.45) is 1.57. The van der Waals surface area contributed by atoms with Crippen molar-refractivity contribution in [1.29, 1.82) is 0 Å². The number of hydrogen-bond acceptors (Lipinski definition) is 7. The third-order valence-electron chi connectivity index (χ3n) is 4.68. The summed E-state index contributed by atoms with van der Waals surface area (Å²) in [6.45, 7) is 5.04. The SMILES string of the molecule is CC(C)(C)OC(=O)c1ccc(OCC2(C=O)SCCc3cc(Cl)ccc32)c([N+](=O)[O-])c1. The molecule has 1 atom stereocenters. The van der Waals surface area contributed by atoms with Crippen LogP contribution in [0.3, 0.4) is 0 Å². The fraction of sp³-hybridized carbons (Fsp3) is 0.364. The minimum Gasteiger partial charge on any atom is -0.484 e. The molecule has 0 fully saturated rings. The number of benzene rings is 2. The van der Waals surface area contributed by atoms with Gasteiger partial charge < -0.3 is 14.3 Å². The molecule has 2 aromatic rings. The fourth-order valence-corrected chi connectivity index (χ4v) is 4.73.